The number of piperidine rings is 1. The Morgan fingerprint density at radius 2 is 1.65 bits per heavy atom. The molecule has 0 radical (unpaired) electrons. The predicted octanol–water partition coefficient (Wildman–Crippen LogP) is 1.03. The van der Waals surface area contributed by atoms with Gasteiger partial charge in [-0.2, -0.15) is 4.31 Å². The zero-order chi connectivity index (χ0) is 12.5. The molecule has 0 unspecified atom stereocenters. The van der Waals surface area contributed by atoms with E-state index in [2.05, 4.69) is 0 Å². The average Bonchev–Trinajstić information content (AvgIpc) is 2.33. The predicted molar refractivity (Wildman–Crippen MR) is 67.9 cm³/mol. The summed E-state index contributed by atoms with van der Waals surface area (Å²) < 4.78 is 26.1. The Hall–Kier alpha value is -1.27. The van der Waals surface area contributed by atoms with Gasteiger partial charge >= 0.3 is 0 Å². The summed E-state index contributed by atoms with van der Waals surface area (Å²) in [6.07, 6.45) is 2.93. The molecule has 0 amide bonds. The molecule has 6 heteroatoms. The Labute approximate surface area is 101 Å². The molecule has 0 aliphatic carbocycles. The van der Waals surface area contributed by atoms with Crippen LogP contribution in [0, 0.1) is 0 Å². The first-order chi connectivity index (χ1) is 8.01. The number of sulfonamides is 1. The van der Waals surface area contributed by atoms with E-state index in [1.54, 1.807) is 0 Å². The highest BCUT2D eigenvalue weighted by molar-refractivity contribution is 7.89. The number of hydrogen-bond acceptors (Lipinski definition) is 4. The molecule has 1 aromatic carbocycles. The second-order valence-electron chi connectivity index (χ2n) is 4.26. The van der Waals surface area contributed by atoms with Crippen LogP contribution in [0.2, 0.25) is 0 Å². The molecule has 1 fully saturated rings. The Morgan fingerprint density at radius 3 is 2.24 bits per heavy atom. The van der Waals surface area contributed by atoms with Crippen molar-refractivity contribution < 1.29 is 8.42 Å². The monoisotopic (exact) mass is 255 g/mol. The Morgan fingerprint density at radius 1 is 1.00 bits per heavy atom. The molecule has 5 nitrogen and oxygen atoms in total. The van der Waals surface area contributed by atoms with Gasteiger partial charge in [0.05, 0.1) is 16.3 Å². The van der Waals surface area contributed by atoms with Crippen molar-refractivity contribution in [3.05, 3.63) is 18.2 Å². The summed E-state index contributed by atoms with van der Waals surface area (Å²) in [5, 5.41) is 0. The minimum absolute atomic E-state index is 0.228. The van der Waals surface area contributed by atoms with Crippen molar-refractivity contribution in [2.75, 3.05) is 24.6 Å². The second-order valence-corrected chi connectivity index (χ2v) is 6.19. The maximum atomic E-state index is 12.3. The first-order valence-electron chi connectivity index (χ1n) is 5.67. The first kappa shape index (κ1) is 12.2. The number of rotatable bonds is 2. The van der Waals surface area contributed by atoms with Crippen molar-refractivity contribution in [1.29, 1.82) is 0 Å². The second kappa shape index (κ2) is 4.54. The molecule has 0 atom stereocenters. The van der Waals surface area contributed by atoms with Crippen LogP contribution in [-0.4, -0.2) is 25.8 Å². The highest BCUT2D eigenvalue weighted by Crippen LogP contribution is 2.24. The molecule has 1 aliphatic heterocycles. The molecular weight excluding hydrogens is 238 g/mol. The lowest BCUT2D eigenvalue weighted by atomic mass is 10.2. The van der Waals surface area contributed by atoms with E-state index in [0.717, 1.165) is 19.3 Å². The van der Waals surface area contributed by atoms with Crippen LogP contribution in [0.1, 0.15) is 19.3 Å². The molecule has 0 saturated carbocycles. The number of benzene rings is 1. The minimum Gasteiger partial charge on any atom is -0.397 e. The lowest BCUT2D eigenvalue weighted by Crippen LogP contribution is -2.35. The van der Waals surface area contributed by atoms with Gasteiger partial charge < -0.3 is 11.5 Å². The van der Waals surface area contributed by atoms with Crippen LogP contribution in [0.5, 0.6) is 0 Å². The van der Waals surface area contributed by atoms with Crippen LogP contribution in [0.15, 0.2) is 23.1 Å². The first-order valence-corrected chi connectivity index (χ1v) is 7.11. The van der Waals surface area contributed by atoms with Crippen molar-refractivity contribution in [3.63, 3.8) is 0 Å². The van der Waals surface area contributed by atoms with E-state index in [-0.39, 0.29) is 4.90 Å². The molecule has 2 rings (SSSR count). The fourth-order valence-corrected chi connectivity index (χ4v) is 3.52. The summed E-state index contributed by atoms with van der Waals surface area (Å²) in [5.74, 6) is 0. The van der Waals surface area contributed by atoms with Crippen LogP contribution in [0.25, 0.3) is 0 Å². The Balaban J connectivity index is 2.33. The van der Waals surface area contributed by atoms with Gasteiger partial charge in [0.15, 0.2) is 0 Å². The van der Waals surface area contributed by atoms with Gasteiger partial charge in [-0.1, -0.05) is 6.42 Å². The molecule has 1 saturated heterocycles. The topological polar surface area (TPSA) is 89.4 Å². The van der Waals surface area contributed by atoms with Crippen LogP contribution in [0.4, 0.5) is 11.4 Å². The number of anilines is 2. The zero-order valence-electron chi connectivity index (χ0n) is 9.59. The van der Waals surface area contributed by atoms with E-state index >= 15 is 0 Å². The molecule has 4 N–H and O–H groups in total. The summed E-state index contributed by atoms with van der Waals surface area (Å²) in [6, 6.07) is 4.47. The summed E-state index contributed by atoms with van der Waals surface area (Å²) in [5.41, 5.74) is 11.9. The van der Waals surface area contributed by atoms with Gasteiger partial charge in [0.25, 0.3) is 0 Å². The third-order valence-electron chi connectivity index (χ3n) is 3.01. The molecule has 0 aromatic heterocycles. The van der Waals surface area contributed by atoms with Crippen molar-refractivity contribution in [1.82, 2.24) is 4.31 Å². The van der Waals surface area contributed by atoms with Crippen LogP contribution < -0.4 is 11.5 Å². The van der Waals surface area contributed by atoms with Gasteiger partial charge in [0.1, 0.15) is 0 Å². The van der Waals surface area contributed by atoms with E-state index < -0.39 is 10.0 Å². The number of nitrogens with two attached hydrogens (primary N) is 2. The molecule has 0 spiro atoms. The zero-order valence-corrected chi connectivity index (χ0v) is 10.4. The summed E-state index contributed by atoms with van der Waals surface area (Å²) in [6.45, 7) is 1.18. The SMILES string of the molecule is Nc1ccc(S(=O)(=O)N2CCCCC2)cc1N. The summed E-state index contributed by atoms with van der Waals surface area (Å²) >= 11 is 0. The van der Waals surface area contributed by atoms with E-state index in [1.165, 1.54) is 22.5 Å². The molecule has 94 valence electrons. The smallest absolute Gasteiger partial charge is 0.243 e. The highest BCUT2D eigenvalue weighted by Gasteiger charge is 2.26. The van der Waals surface area contributed by atoms with Gasteiger partial charge in [0.2, 0.25) is 10.0 Å². The largest absolute Gasteiger partial charge is 0.397 e. The lowest BCUT2D eigenvalue weighted by Gasteiger charge is -2.26. The van der Waals surface area contributed by atoms with Gasteiger partial charge in [-0.3, -0.25) is 0 Å². The molecule has 1 aromatic rings. The molecular formula is C11H17N3O2S. The van der Waals surface area contributed by atoms with Crippen molar-refractivity contribution >= 4 is 21.4 Å². The van der Waals surface area contributed by atoms with Gasteiger partial charge in [-0.05, 0) is 31.0 Å². The maximum Gasteiger partial charge on any atom is 0.243 e. The summed E-state index contributed by atoms with van der Waals surface area (Å²) in [4.78, 5) is 0.228. The van der Waals surface area contributed by atoms with Crippen LogP contribution in [0.3, 0.4) is 0 Å². The normalized spacial score (nSPS) is 18.1. The number of nitrogen functional groups attached to an aromatic ring is 2. The fraction of sp³-hybridized carbons (Fsp3) is 0.455. The van der Waals surface area contributed by atoms with Crippen molar-refractivity contribution in [2.45, 2.75) is 24.2 Å². The third-order valence-corrected chi connectivity index (χ3v) is 4.91. The van der Waals surface area contributed by atoms with Crippen LogP contribution in [-0.2, 0) is 10.0 Å². The standard InChI is InChI=1S/C11H17N3O2S/c12-10-5-4-9(8-11(10)13)17(15,16)14-6-2-1-3-7-14/h4-5,8H,1-3,6-7,12-13H2. The Bertz CT molecular complexity index is 507. The maximum absolute atomic E-state index is 12.3. The number of nitrogens with zero attached hydrogens (tertiary/aromatic N) is 1. The number of hydrogen-bond donors (Lipinski definition) is 2. The van der Waals surface area contributed by atoms with Crippen molar-refractivity contribution in [3.8, 4) is 0 Å². The van der Waals surface area contributed by atoms with E-state index in [1.807, 2.05) is 0 Å². The highest BCUT2D eigenvalue weighted by atomic mass is 32.2. The van der Waals surface area contributed by atoms with Gasteiger partial charge in [-0.25, -0.2) is 8.42 Å². The van der Waals surface area contributed by atoms with Crippen LogP contribution >= 0.6 is 0 Å². The van der Waals surface area contributed by atoms with E-state index in [4.69, 9.17) is 11.5 Å². The van der Waals surface area contributed by atoms with E-state index in [9.17, 15) is 8.42 Å². The molecule has 0 bridgehead atoms. The Kier molecular flexibility index (Phi) is 3.26. The minimum atomic E-state index is -3.40. The van der Waals surface area contributed by atoms with Gasteiger partial charge in [0, 0.05) is 13.1 Å². The fourth-order valence-electron chi connectivity index (χ4n) is 1.97. The molecule has 1 heterocycles. The third kappa shape index (κ3) is 2.37. The van der Waals surface area contributed by atoms with Crippen molar-refractivity contribution in [2.24, 2.45) is 0 Å². The van der Waals surface area contributed by atoms with Gasteiger partial charge in [-0.15, -0.1) is 0 Å². The van der Waals surface area contributed by atoms with E-state index in [0.29, 0.717) is 24.5 Å². The average molecular weight is 255 g/mol. The molecule has 1 aliphatic rings. The summed E-state index contributed by atoms with van der Waals surface area (Å²) in [7, 11) is -3.40. The lowest BCUT2D eigenvalue weighted by molar-refractivity contribution is 0.346. The molecule has 17 heavy (non-hydrogen) atoms. The quantitative estimate of drug-likeness (QED) is 0.772.